The van der Waals surface area contributed by atoms with Crippen LogP contribution < -0.4 is 15.5 Å². The largest absolute Gasteiger partial charge is 0.416 e. The Morgan fingerprint density at radius 1 is 0.892 bits per heavy atom. The molecule has 0 fully saturated rings. The van der Waals surface area contributed by atoms with E-state index in [0.29, 0.717) is 27.9 Å². The third-order valence-corrected chi connectivity index (χ3v) is 6.19. The molecule has 3 amide bonds. The molecule has 1 aliphatic heterocycles. The fraction of sp³-hybridized carbons (Fsp3) is 0.148. The molecule has 0 atom stereocenters. The lowest BCUT2D eigenvalue weighted by atomic mass is 10.1. The van der Waals surface area contributed by atoms with Gasteiger partial charge in [0, 0.05) is 11.4 Å². The van der Waals surface area contributed by atoms with Gasteiger partial charge in [-0.3, -0.25) is 14.4 Å². The molecule has 37 heavy (non-hydrogen) atoms. The molecular formula is C27H21ClF3N3O3. The van der Waals surface area contributed by atoms with E-state index in [1.165, 1.54) is 6.07 Å². The predicted molar refractivity (Wildman–Crippen MR) is 135 cm³/mol. The highest BCUT2D eigenvalue weighted by atomic mass is 35.5. The molecule has 0 spiro atoms. The van der Waals surface area contributed by atoms with Crippen LogP contribution in [0.2, 0.25) is 0 Å². The van der Waals surface area contributed by atoms with Crippen LogP contribution >= 0.6 is 11.6 Å². The molecule has 4 rings (SSSR count). The molecule has 3 aromatic rings. The number of alkyl halides is 3. The predicted octanol–water partition coefficient (Wildman–Crippen LogP) is 5.94. The molecule has 0 aromatic heterocycles. The van der Waals surface area contributed by atoms with Crippen LogP contribution in [-0.2, 0) is 27.0 Å². The Hall–Kier alpha value is -4.11. The number of halogens is 4. The maximum Gasteiger partial charge on any atom is 0.416 e. The van der Waals surface area contributed by atoms with E-state index in [9.17, 15) is 27.6 Å². The first-order valence-corrected chi connectivity index (χ1v) is 11.5. The van der Waals surface area contributed by atoms with Crippen molar-refractivity contribution in [2.75, 3.05) is 15.5 Å². The van der Waals surface area contributed by atoms with Crippen molar-refractivity contribution in [3.05, 3.63) is 99.7 Å². The van der Waals surface area contributed by atoms with Crippen LogP contribution in [-0.4, -0.2) is 17.7 Å². The fourth-order valence-corrected chi connectivity index (χ4v) is 3.94. The zero-order chi connectivity index (χ0) is 26.9. The van der Waals surface area contributed by atoms with Gasteiger partial charge in [0.2, 0.25) is 5.91 Å². The molecule has 0 aliphatic carbocycles. The van der Waals surface area contributed by atoms with E-state index in [1.807, 2.05) is 32.0 Å². The molecule has 190 valence electrons. The molecule has 0 bridgehead atoms. The van der Waals surface area contributed by atoms with Gasteiger partial charge in [-0.25, -0.2) is 4.90 Å². The van der Waals surface area contributed by atoms with Crippen LogP contribution in [0.15, 0.2) is 77.5 Å². The Labute approximate surface area is 215 Å². The monoisotopic (exact) mass is 527 g/mol. The molecule has 0 saturated heterocycles. The van der Waals surface area contributed by atoms with Gasteiger partial charge in [-0.2, -0.15) is 13.2 Å². The molecule has 0 saturated carbocycles. The first-order chi connectivity index (χ1) is 17.4. The molecule has 3 aromatic carbocycles. The topological polar surface area (TPSA) is 78.5 Å². The lowest BCUT2D eigenvalue weighted by Crippen LogP contribution is -2.32. The second-order valence-electron chi connectivity index (χ2n) is 8.53. The van der Waals surface area contributed by atoms with E-state index in [1.54, 1.807) is 24.3 Å². The van der Waals surface area contributed by atoms with Crippen molar-refractivity contribution in [1.82, 2.24) is 0 Å². The van der Waals surface area contributed by atoms with Gasteiger partial charge in [-0.15, -0.1) is 0 Å². The summed E-state index contributed by atoms with van der Waals surface area (Å²) in [5.41, 5.74) is 2.48. The number of aryl methyl sites for hydroxylation is 2. The van der Waals surface area contributed by atoms with Crippen molar-refractivity contribution >= 4 is 46.4 Å². The van der Waals surface area contributed by atoms with Gasteiger partial charge in [-0.1, -0.05) is 35.9 Å². The quantitative estimate of drug-likeness (QED) is 0.389. The third kappa shape index (κ3) is 5.67. The lowest BCUT2D eigenvalue weighted by Gasteiger charge is -2.17. The zero-order valence-electron chi connectivity index (χ0n) is 19.7. The number of nitrogens with zero attached hydrogens (tertiary/aromatic N) is 1. The average Bonchev–Trinajstić information content (AvgIpc) is 3.05. The summed E-state index contributed by atoms with van der Waals surface area (Å²) in [5.74, 6) is -2.03. The van der Waals surface area contributed by atoms with Gasteiger partial charge in [0.15, 0.2) is 0 Å². The molecular weight excluding hydrogens is 507 g/mol. The summed E-state index contributed by atoms with van der Waals surface area (Å²) >= 11 is 6.08. The maximum atomic E-state index is 13.1. The Balaban J connectivity index is 1.43. The second-order valence-corrected chi connectivity index (χ2v) is 8.91. The van der Waals surface area contributed by atoms with Gasteiger partial charge in [0.1, 0.15) is 10.7 Å². The first-order valence-electron chi connectivity index (χ1n) is 11.1. The summed E-state index contributed by atoms with van der Waals surface area (Å²) in [5, 5.41) is 5.16. The van der Waals surface area contributed by atoms with Gasteiger partial charge in [0.05, 0.1) is 17.7 Å². The van der Waals surface area contributed by atoms with Crippen LogP contribution in [0.3, 0.4) is 0 Å². The fourth-order valence-electron chi connectivity index (χ4n) is 3.73. The smallest absolute Gasteiger partial charge is 0.350 e. The lowest BCUT2D eigenvalue weighted by molar-refractivity contribution is -0.137. The number of hydrogen-bond donors (Lipinski definition) is 2. The summed E-state index contributed by atoms with van der Waals surface area (Å²) in [4.78, 5) is 38.5. The van der Waals surface area contributed by atoms with Crippen LogP contribution in [0.1, 0.15) is 22.3 Å². The highest BCUT2D eigenvalue weighted by Crippen LogP contribution is 2.35. The average molecular weight is 528 g/mol. The SMILES string of the molecule is Cc1ccc(NC(=O)Cc2ccc(NC3=C(Cl)C(=O)N(c4cccc(C(F)(F)F)c4)C3=O)cc2)cc1C. The van der Waals surface area contributed by atoms with Crippen LogP contribution in [0.4, 0.5) is 30.2 Å². The van der Waals surface area contributed by atoms with E-state index < -0.39 is 28.6 Å². The number of anilines is 3. The molecule has 1 aliphatic rings. The summed E-state index contributed by atoms with van der Waals surface area (Å²) in [6.07, 6.45) is -4.53. The Morgan fingerprint density at radius 2 is 1.57 bits per heavy atom. The standard InChI is InChI=1S/C27H21ClF3N3O3/c1-15-6-9-20(12-16(15)2)32-22(35)13-17-7-10-19(11-8-17)33-24-23(28)25(36)34(26(24)37)21-5-3-4-18(14-21)27(29,30)31/h3-12,14,33H,13H2,1-2H3,(H,32,35). The normalized spacial score (nSPS) is 13.8. The second kappa shape index (κ2) is 10.1. The molecule has 2 N–H and O–H groups in total. The van der Waals surface area contributed by atoms with Crippen molar-refractivity contribution in [2.45, 2.75) is 26.4 Å². The molecule has 10 heteroatoms. The van der Waals surface area contributed by atoms with Crippen molar-refractivity contribution in [3.63, 3.8) is 0 Å². The van der Waals surface area contributed by atoms with E-state index in [-0.39, 0.29) is 23.7 Å². The number of carbonyl (C=O) groups is 3. The van der Waals surface area contributed by atoms with Crippen LogP contribution in [0, 0.1) is 13.8 Å². The van der Waals surface area contributed by atoms with Gasteiger partial charge in [0.25, 0.3) is 11.8 Å². The number of benzene rings is 3. The highest BCUT2D eigenvalue weighted by Gasteiger charge is 2.40. The van der Waals surface area contributed by atoms with Gasteiger partial charge >= 0.3 is 6.18 Å². The van der Waals surface area contributed by atoms with E-state index in [4.69, 9.17) is 11.6 Å². The number of nitrogens with one attached hydrogen (secondary N) is 2. The summed E-state index contributed by atoms with van der Waals surface area (Å²) in [6, 6.07) is 16.0. The number of hydrogen-bond acceptors (Lipinski definition) is 4. The third-order valence-electron chi connectivity index (χ3n) is 5.84. The Kier molecular flexibility index (Phi) is 7.09. The number of carbonyl (C=O) groups excluding carboxylic acids is 3. The number of amides is 3. The van der Waals surface area contributed by atoms with E-state index in [2.05, 4.69) is 10.6 Å². The molecule has 0 unspecified atom stereocenters. The highest BCUT2D eigenvalue weighted by molar-refractivity contribution is 6.53. The first kappa shape index (κ1) is 26.0. The summed E-state index contributed by atoms with van der Waals surface area (Å²) in [6.45, 7) is 3.94. The Bertz CT molecular complexity index is 1430. The minimum atomic E-state index is -4.64. The minimum Gasteiger partial charge on any atom is -0.350 e. The van der Waals surface area contributed by atoms with Crippen molar-refractivity contribution in [2.24, 2.45) is 0 Å². The zero-order valence-corrected chi connectivity index (χ0v) is 20.5. The molecule has 0 radical (unpaired) electrons. The van der Waals surface area contributed by atoms with Crippen LogP contribution in [0.5, 0.6) is 0 Å². The molecule has 1 heterocycles. The maximum absolute atomic E-state index is 13.1. The number of rotatable bonds is 6. The van der Waals surface area contributed by atoms with Crippen molar-refractivity contribution in [3.8, 4) is 0 Å². The van der Waals surface area contributed by atoms with E-state index >= 15 is 0 Å². The van der Waals surface area contributed by atoms with Gasteiger partial charge < -0.3 is 10.6 Å². The van der Waals surface area contributed by atoms with Crippen LogP contribution in [0.25, 0.3) is 0 Å². The summed E-state index contributed by atoms with van der Waals surface area (Å²) in [7, 11) is 0. The summed E-state index contributed by atoms with van der Waals surface area (Å²) < 4.78 is 39.2. The van der Waals surface area contributed by atoms with E-state index in [0.717, 1.165) is 23.3 Å². The minimum absolute atomic E-state index is 0.109. The van der Waals surface area contributed by atoms with Crippen molar-refractivity contribution in [1.29, 1.82) is 0 Å². The number of imide groups is 1. The molecule has 6 nitrogen and oxygen atoms in total. The van der Waals surface area contributed by atoms with Crippen molar-refractivity contribution < 1.29 is 27.6 Å². The van der Waals surface area contributed by atoms with Gasteiger partial charge in [-0.05, 0) is 73.0 Å². The Morgan fingerprint density at radius 3 is 2.22 bits per heavy atom.